The van der Waals surface area contributed by atoms with Crippen LogP contribution >= 0.6 is 22.7 Å². The van der Waals surface area contributed by atoms with Gasteiger partial charge in [-0.1, -0.05) is 18.2 Å². The summed E-state index contributed by atoms with van der Waals surface area (Å²) >= 11 is 3.42. The molecule has 4 nitrogen and oxygen atoms in total. The van der Waals surface area contributed by atoms with Gasteiger partial charge in [-0.2, -0.15) is 0 Å². The lowest BCUT2D eigenvalue weighted by Gasteiger charge is -2.18. The predicted molar refractivity (Wildman–Crippen MR) is 98.4 cm³/mol. The number of aromatic nitrogens is 2. The van der Waals surface area contributed by atoms with E-state index in [1.807, 2.05) is 23.6 Å². The first kappa shape index (κ1) is 15.5. The van der Waals surface area contributed by atoms with E-state index in [1.54, 1.807) is 28.9 Å². The van der Waals surface area contributed by atoms with Gasteiger partial charge in [-0.3, -0.25) is 0 Å². The van der Waals surface area contributed by atoms with E-state index in [0.717, 1.165) is 27.6 Å². The van der Waals surface area contributed by atoms with Crippen LogP contribution in [-0.4, -0.2) is 17.0 Å². The lowest BCUT2D eigenvalue weighted by Crippen LogP contribution is -3.07. The molecule has 24 heavy (non-hydrogen) atoms. The molecule has 0 radical (unpaired) electrons. The molecule has 2 atom stereocenters. The Morgan fingerprint density at radius 1 is 1.17 bits per heavy atom. The third-order valence-electron chi connectivity index (χ3n) is 4.16. The zero-order valence-electron chi connectivity index (χ0n) is 13.5. The Balaban J connectivity index is 1.50. The van der Waals surface area contributed by atoms with Crippen LogP contribution in [0.1, 0.15) is 23.7 Å². The standard InChI is InChI=1S/C18H17N3OS2/c1-12(18-20-14-6-3-4-7-15(14)24-18)21(2)10-13-11-22-17(19-13)16-8-5-9-23-16/h3-9,11-12H,10H2,1-2H3/p+1/t12-/m1/s1. The minimum atomic E-state index is 0.310. The molecule has 0 aliphatic carbocycles. The monoisotopic (exact) mass is 356 g/mol. The van der Waals surface area contributed by atoms with E-state index >= 15 is 0 Å². The third kappa shape index (κ3) is 3.00. The van der Waals surface area contributed by atoms with E-state index < -0.39 is 0 Å². The fourth-order valence-electron chi connectivity index (χ4n) is 2.63. The van der Waals surface area contributed by atoms with Crippen LogP contribution in [0.4, 0.5) is 0 Å². The molecule has 0 amide bonds. The maximum Gasteiger partial charge on any atom is 0.236 e. The van der Waals surface area contributed by atoms with Crippen molar-refractivity contribution in [1.29, 1.82) is 0 Å². The van der Waals surface area contributed by atoms with Crippen LogP contribution < -0.4 is 4.90 Å². The highest BCUT2D eigenvalue weighted by Gasteiger charge is 2.21. The average molecular weight is 356 g/mol. The largest absolute Gasteiger partial charge is 0.443 e. The van der Waals surface area contributed by atoms with Gasteiger partial charge < -0.3 is 9.32 Å². The topological polar surface area (TPSA) is 43.4 Å². The minimum absolute atomic E-state index is 0.310. The Labute approximate surface area is 148 Å². The number of benzene rings is 1. The molecule has 4 aromatic rings. The Bertz CT molecular complexity index is 909. The molecule has 0 saturated carbocycles. The van der Waals surface area contributed by atoms with Gasteiger partial charge in [0.2, 0.25) is 5.89 Å². The molecule has 0 saturated heterocycles. The Morgan fingerprint density at radius 3 is 2.83 bits per heavy atom. The lowest BCUT2D eigenvalue weighted by atomic mass is 10.3. The lowest BCUT2D eigenvalue weighted by molar-refractivity contribution is -0.924. The molecule has 6 heteroatoms. The van der Waals surface area contributed by atoms with Crippen molar-refractivity contribution in [2.75, 3.05) is 7.05 Å². The highest BCUT2D eigenvalue weighted by molar-refractivity contribution is 7.18. The molecule has 0 bridgehead atoms. The number of nitrogens with zero attached hydrogens (tertiary/aromatic N) is 2. The summed E-state index contributed by atoms with van der Waals surface area (Å²) in [4.78, 5) is 11.8. The normalized spacial score (nSPS) is 14.1. The van der Waals surface area contributed by atoms with Crippen LogP contribution in [0, 0.1) is 0 Å². The summed E-state index contributed by atoms with van der Waals surface area (Å²) in [7, 11) is 2.18. The van der Waals surface area contributed by atoms with E-state index in [1.165, 1.54) is 9.60 Å². The number of oxazole rings is 1. The maximum atomic E-state index is 5.62. The predicted octanol–water partition coefficient (Wildman–Crippen LogP) is 3.79. The van der Waals surface area contributed by atoms with Gasteiger partial charge in [0, 0.05) is 0 Å². The summed E-state index contributed by atoms with van der Waals surface area (Å²) < 4.78 is 6.86. The van der Waals surface area contributed by atoms with E-state index in [9.17, 15) is 0 Å². The Kier molecular flexibility index (Phi) is 4.18. The summed E-state index contributed by atoms with van der Waals surface area (Å²) in [6, 6.07) is 12.6. The molecular weight excluding hydrogens is 338 g/mol. The fraction of sp³-hybridized carbons (Fsp3) is 0.222. The molecule has 1 aromatic carbocycles. The van der Waals surface area contributed by atoms with Crippen molar-refractivity contribution in [3.05, 3.63) is 58.7 Å². The van der Waals surface area contributed by atoms with Crippen molar-refractivity contribution in [2.24, 2.45) is 0 Å². The molecule has 1 unspecified atom stereocenters. The smallest absolute Gasteiger partial charge is 0.236 e. The summed E-state index contributed by atoms with van der Waals surface area (Å²) in [6.07, 6.45) is 1.77. The van der Waals surface area contributed by atoms with Crippen LogP contribution in [-0.2, 0) is 6.54 Å². The molecule has 122 valence electrons. The molecule has 0 aliphatic heterocycles. The SMILES string of the molecule is C[C@H](c1nc2ccccc2s1)[NH+](C)Cc1coc(-c2cccs2)n1. The second kappa shape index (κ2) is 6.47. The van der Waals surface area contributed by atoms with Gasteiger partial charge in [0.1, 0.15) is 24.5 Å². The first-order chi connectivity index (χ1) is 11.7. The van der Waals surface area contributed by atoms with Crippen LogP contribution in [0.5, 0.6) is 0 Å². The molecule has 3 heterocycles. The van der Waals surface area contributed by atoms with Gasteiger partial charge in [-0.25, -0.2) is 9.97 Å². The number of nitrogens with one attached hydrogen (secondary N) is 1. The second-order valence-electron chi connectivity index (χ2n) is 5.89. The number of hydrogen-bond acceptors (Lipinski definition) is 5. The molecule has 0 fully saturated rings. The first-order valence-corrected chi connectivity index (χ1v) is 9.56. The van der Waals surface area contributed by atoms with Crippen LogP contribution in [0.25, 0.3) is 21.0 Å². The van der Waals surface area contributed by atoms with E-state index in [2.05, 4.69) is 37.2 Å². The van der Waals surface area contributed by atoms with Crippen LogP contribution in [0.15, 0.2) is 52.5 Å². The third-order valence-corrected chi connectivity index (χ3v) is 6.24. The second-order valence-corrected chi connectivity index (χ2v) is 7.90. The number of rotatable bonds is 5. The summed E-state index contributed by atoms with van der Waals surface area (Å²) in [5.74, 6) is 0.709. The first-order valence-electron chi connectivity index (χ1n) is 7.87. The summed E-state index contributed by atoms with van der Waals surface area (Å²) in [5.41, 5.74) is 2.06. The van der Waals surface area contributed by atoms with Gasteiger partial charge in [0.05, 0.1) is 22.1 Å². The van der Waals surface area contributed by atoms with E-state index in [4.69, 9.17) is 9.40 Å². The quantitative estimate of drug-likeness (QED) is 0.592. The number of para-hydroxylation sites is 1. The van der Waals surface area contributed by atoms with E-state index in [0.29, 0.717) is 11.9 Å². The molecule has 3 aromatic heterocycles. The van der Waals surface area contributed by atoms with Crippen molar-refractivity contribution in [1.82, 2.24) is 9.97 Å². The molecule has 0 aliphatic rings. The van der Waals surface area contributed by atoms with Crippen molar-refractivity contribution in [3.8, 4) is 10.8 Å². The summed E-state index contributed by atoms with van der Waals surface area (Å²) in [5, 5.41) is 3.20. The minimum Gasteiger partial charge on any atom is -0.443 e. The highest BCUT2D eigenvalue weighted by Crippen LogP contribution is 2.25. The Morgan fingerprint density at radius 2 is 2.04 bits per heavy atom. The van der Waals surface area contributed by atoms with Crippen molar-refractivity contribution in [3.63, 3.8) is 0 Å². The van der Waals surface area contributed by atoms with Crippen LogP contribution in [0.2, 0.25) is 0 Å². The number of hydrogen-bond donors (Lipinski definition) is 1. The Hall–Kier alpha value is -2.02. The maximum absolute atomic E-state index is 5.62. The van der Waals surface area contributed by atoms with Crippen molar-refractivity contribution >= 4 is 32.9 Å². The van der Waals surface area contributed by atoms with Crippen molar-refractivity contribution in [2.45, 2.75) is 19.5 Å². The average Bonchev–Trinajstić information content (AvgIpc) is 3.32. The van der Waals surface area contributed by atoms with Crippen LogP contribution in [0.3, 0.4) is 0 Å². The van der Waals surface area contributed by atoms with Gasteiger partial charge in [0.25, 0.3) is 0 Å². The molecule has 4 rings (SSSR count). The van der Waals surface area contributed by atoms with Gasteiger partial charge in [0.15, 0.2) is 5.01 Å². The number of thiophene rings is 1. The van der Waals surface area contributed by atoms with Gasteiger partial charge >= 0.3 is 0 Å². The highest BCUT2D eigenvalue weighted by atomic mass is 32.1. The zero-order chi connectivity index (χ0) is 16.5. The summed E-state index contributed by atoms with van der Waals surface area (Å²) in [6.45, 7) is 3.03. The van der Waals surface area contributed by atoms with Crippen molar-refractivity contribution < 1.29 is 9.32 Å². The number of fused-ring (bicyclic) bond motifs is 1. The zero-order valence-corrected chi connectivity index (χ0v) is 15.2. The van der Waals surface area contributed by atoms with E-state index in [-0.39, 0.29) is 0 Å². The number of thiazole rings is 1. The molecule has 0 spiro atoms. The fourth-order valence-corrected chi connectivity index (χ4v) is 4.39. The number of quaternary nitrogens is 1. The molecule has 1 N–H and O–H groups in total. The van der Waals surface area contributed by atoms with Gasteiger partial charge in [-0.05, 0) is 30.5 Å². The molecular formula is C18H18N3OS2+. The van der Waals surface area contributed by atoms with Gasteiger partial charge in [-0.15, -0.1) is 22.7 Å².